The van der Waals surface area contributed by atoms with Crippen molar-refractivity contribution in [2.75, 3.05) is 18.9 Å². The van der Waals surface area contributed by atoms with Gasteiger partial charge in [0.15, 0.2) is 5.13 Å². The number of anilines is 1. The minimum atomic E-state index is -0.0421. The van der Waals surface area contributed by atoms with Crippen molar-refractivity contribution in [3.63, 3.8) is 0 Å². The summed E-state index contributed by atoms with van der Waals surface area (Å²) in [6.45, 7) is 6.51. The lowest BCUT2D eigenvalue weighted by atomic mass is 10.2. The molecule has 0 spiro atoms. The molecule has 0 aromatic carbocycles. The van der Waals surface area contributed by atoms with Gasteiger partial charge in [0.05, 0.1) is 5.69 Å². The number of nitrogens with one attached hydrogen (secondary N) is 2. The summed E-state index contributed by atoms with van der Waals surface area (Å²) in [5.74, 6) is -0.0300. The highest BCUT2D eigenvalue weighted by molar-refractivity contribution is 7.15. The Morgan fingerprint density at radius 2 is 2.20 bits per heavy atom. The van der Waals surface area contributed by atoms with Crippen molar-refractivity contribution in [3.8, 4) is 0 Å². The molecule has 2 N–H and O–H groups in total. The molecule has 1 unspecified atom stereocenters. The molecule has 0 saturated heterocycles. The van der Waals surface area contributed by atoms with Crippen molar-refractivity contribution in [2.24, 2.45) is 5.92 Å². The van der Waals surface area contributed by atoms with Crippen LogP contribution in [-0.2, 0) is 4.79 Å². The van der Waals surface area contributed by atoms with Crippen molar-refractivity contribution in [1.82, 2.24) is 10.3 Å². The van der Waals surface area contributed by atoms with Crippen LogP contribution in [0.5, 0.6) is 0 Å². The van der Waals surface area contributed by atoms with E-state index in [1.807, 2.05) is 27.8 Å². The van der Waals surface area contributed by atoms with Gasteiger partial charge in [-0.3, -0.25) is 4.79 Å². The lowest BCUT2D eigenvalue weighted by Gasteiger charge is -2.09. The molecular formula is C10H17N3OS. The summed E-state index contributed by atoms with van der Waals surface area (Å²) in [5, 5.41) is 6.48. The Kier molecular flexibility index (Phi) is 4.23. The Hall–Kier alpha value is -0.940. The van der Waals surface area contributed by atoms with Gasteiger partial charge in [0.2, 0.25) is 5.91 Å². The maximum Gasteiger partial charge on any atom is 0.230 e. The first-order valence-corrected chi connectivity index (χ1v) is 5.75. The molecular weight excluding hydrogens is 210 g/mol. The Morgan fingerprint density at radius 1 is 1.53 bits per heavy atom. The zero-order valence-electron chi connectivity index (χ0n) is 9.55. The van der Waals surface area contributed by atoms with Crippen LogP contribution in [0.3, 0.4) is 0 Å². The Morgan fingerprint density at radius 3 is 2.67 bits per heavy atom. The van der Waals surface area contributed by atoms with E-state index in [9.17, 15) is 4.79 Å². The number of hydrogen-bond donors (Lipinski definition) is 2. The van der Waals surface area contributed by atoms with Gasteiger partial charge in [0, 0.05) is 17.3 Å². The van der Waals surface area contributed by atoms with Gasteiger partial charge < -0.3 is 10.6 Å². The fourth-order valence-corrected chi connectivity index (χ4v) is 1.97. The molecule has 0 fully saturated rings. The maximum atomic E-state index is 11.6. The summed E-state index contributed by atoms with van der Waals surface area (Å²) in [4.78, 5) is 17.0. The zero-order chi connectivity index (χ0) is 11.4. The first kappa shape index (κ1) is 12.1. The van der Waals surface area contributed by atoms with Crippen LogP contribution in [0.25, 0.3) is 0 Å². The van der Waals surface area contributed by atoms with Gasteiger partial charge >= 0.3 is 0 Å². The van der Waals surface area contributed by atoms with E-state index in [1.165, 1.54) is 11.3 Å². The number of hydrogen-bond acceptors (Lipinski definition) is 4. The van der Waals surface area contributed by atoms with E-state index in [-0.39, 0.29) is 11.8 Å². The van der Waals surface area contributed by atoms with Gasteiger partial charge in [-0.2, -0.15) is 0 Å². The number of aryl methyl sites for hydroxylation is 2. The Bertz CT molecular complexity index is 329. The highest BCUT2D eigenvalue weighted by Gasteiger charge is 2.13. The molecule has 4 nitrogen and oxygen atoms in total. The van der Waals surface area contributed by atoms with E-state index in [4.69, 9.17) is 0 Å². The van der Waals surface area contributed by atoms with Crippen molar-refractivity contribution < 1.29 is 4.79 Å². The second-order valence-electron chi connectivity index (χ2n) is 3.61. The quantitative estimate of drug-likeness (QED) is 0.820. The maximum absolute atomic E-state index is 11.6. The predicted octanol–water partition coefficient (Wildman–Crippen LogP) is 1.55. The molecule has 0 saturated carbocycles. The first-order chi connectivity index (χ1) is 7.04. The predicted molar refractivity (Wildman–Crippen MR) is 63.3 cm³/mol. The standard InChI is InChI=1S/C10H17N3OS/c1-6(5-11-4)9(14)13-10-12-7(2)8(3)15-10/h6,11H,5H2,1-4H3,(H,12,13,14). The molecule has 5 heteroatoms. The monoisotopic (exact) mass is 227 g/mol. The van der Waals surface area contributed by atoms with Crippen LogP contribution in [0.1, 0.15) is 17.5 Å². The van der Waals surface area contributed by atoms with E-state index >= 15 is 0 Å². The minimum absolute atomic E-state index is 0.0121. The van der Waals surface area contributed by atoms with Crippen molar-refractivity contribution in [2.45, 2.75) is 20.8 Å². The molecule has 1 amide bonds. The molecule has 0 aliphatic rings. The van der Waals surface area contributed by atoms with Gasteiger partial charge in [-0.05, 0) is 20.9 Å². The second-order valence-corrected chi connectivity index (χ2v) is 4.81. The van der Waals surface area contributed by atoms with E-state index in [2.05, 4.69) is 15.6 Å². The third-order valence-corrected chi connectivity index (χ3v) is 3.20. The van der Waals surface area contributed by atoms with Gasteiger partial charge in [-0.25, -0.2) is 4.98 Å². The number of carbonyl (C=O) groups is 1. The average molecular weight is 227 g/mol. The van der Waals surface area contributed by atoms with Gasteiger partial charge in [0.1, 0.15) is 0 Å². The smallest absolute Gasteiger partial charge is 0.230 e. The lowest BCUT2D eigenvalue weighted by molar-refractivity contribution is -0.119. The molecule has 15 heavy (non-hydrogen) atoms. The van der Waals surface area contributed by atoms with E-state index < -0.39 is 0 Å². The van der Waals surface area contributed by atoms with Gasteiger partial charge in [0.25, 0.3) is 0 Å². The summed E-state index contributed by atoms with van der Waals surface area (Å²) >= 11 is 1.51. The van der Waals surface area contributed by atoms with Crippen molar-refractivity contribution in [3.05, 3.63) is 10.6 Å². The largest absolute Gasteiger partial charge is 0.319 e. The van der Waals surface area contributed by atoms with Crippen molar-refractivity contribution in [1.29, 1.82) is 0 Å². The molecule has 0 aliphatic heterocycles. The van der Waals surface area contributed by atoms with E-state index in [0.29, 0.717) is 11.7 Å². The summed E-state index contributed by atoms with van der Waals surface area (Å²) < 4.78 is 0. The number of thiazole rings is 1. The highest BCUT2D eigenvalue weighted by atomic mass is 32.1. The molecule has 0 bridgehead atoms. The second kappa shape index (κ2) is 5.23. The number of carbonyl (C=O) groups excluding carboxylic acids is 1. The topological polar surface area (TPSA) is 54.0 Å². The van der Waals surface area contributed by atoms with Crippen LogP contribution in [0.2, 0.25) is 0 Å². The van der Waals surface area contributed by atoms with E-state index in [1.54, 1.807) is 0 Å². The molecule has 1 rings (SSSR count). The van der Waals surface area contributed by atoms with Gasteiger partial charge in [-0.1, -0.05) is 6.92 Å². The van der Waals surface area contributed by atoms with Gasteiger partial charge in [-0.15, -0.1) is 11.3 Å². The Labute approximate surface area is 94.1 Å². The zero-order valence-corrected chi connectivity index (χ0v) is 10.4. The minimum Gasteiger partial charge on any atom is -0.319 e. The molecule has 1 heterocycles. The van der Waals surface area contributed by atoms with Crippen LogP contribution in [-0.4, -0.2) is 24.5 Å². The SMILES string of the molecule is CNCC(C)C(=O)Nc1nc(C)c(C)s1. The third kappa shape index (κ3) is 3.28. The normalized spacial score (nSPS) is 12.5. The number of nitrogens with zero attached hydrogens (tertiary/aromatic N) is 1. The summed E-state index contributed by atoms with van der Waals surface area (Å²) in [6, 6.07) is 0. The third-order valence-electron chi connectivity index (χ3n) is 2.22. The molecule has 0 aliphatic carbocycles. The summed E-state index contributed by atoms with van der Waals surface area (Å²) in [6.07, 6.45) is 0. The highest BCUT2D eigenvalue weighted by Crippen LogP contribution is 2.21. The summed E-state index contributed by atoms with van der Waals surface area (Å²) in [5.41, 5.74) is 0.983. The van der Waals surface area contributed by atoms with E-state index in [0.717, 1.165) is 10.6 Å². The molecule has 0 radical (unpaired) electrons. The fraction of sp³-hybridized carbons (Fsp3) is 0.600. The van der Waals surface area contributed by atoms with Crippen LogP contribution >= 0.6 is 11.3 Å². The Balaban J connectivity index is 2.58. The molecule has 1 atom stereocenters. The lowest BCUT2D eigenvalue weighted by Crippen LogP contribution is -2.28. The molecule has 84 valence electrons. The number of amides is 1. The number of rotatable bonds is 4. The first-order valence-electron chi connectivity index (χ1n) is 4.94. The number of aromatic nitrogens is 1. The molecule has 1 aromatic heterocycles. The van der Waals surface area contributed by atoms with Crippen molar-refractivity contribution >= 4 is 22.4 Å². The van der Waals surface area contributed by atoms with Crippen LogP contribution < -0.4 is 10.6 Å². The van der Waals surface area contributed by atoms with Crippen LogP contribution in [0.4, 0.5) is 5.13 Å². The summed E-state index contributed by atoms with van der Waals surface area (Å²) in [7, 11) is 1.83. The average Bonchev–Trinajstić information content (AvgIpc) is 2.46. The fourth-order valence-electron chi connectivity index (χ4n) is 1.15. The molecule has 1 aromatic rings. The van der Waals surface area contributed by atoms with Crippen LogP contribution in [0, 0.1) is 19.8 Å². The van der Waals surface area contributed by atoms with Crippen LogP contribution in [0.15, 0.2) is 0 Å².